The van der Waals surface area contributed by atoms with E-state index in [-0.39, 0.29) is 0 Å². The van der Waals surface area contributed by atoms with E-state index in [4.69, 9.17) is 4.74 Å². The average molecular weight is 393 g/mol. The quantitative estimate of drug-likeness (QED) is 0.486. The summed E-state index contributed by atoms with van der Waals surface area (Å²) in [4.78, 5) is 13.3. The van der Waals surface area contributed by atoms with E-state index in [1.807, 2.05) is 48.5 Å². The minimum absolute atomic E-state index is 0.397. The fourth-order valence-electron chi connectivity index (χ4n) is 2.95. The molecular weight excluding hydrogens is 366 g/mol. The van der Waals surface area contributed by atoms with Crippen LogP contribution in [0.5, 0.6) is 5.75 Å². The third-order valence-electron chi connectivity index (χ3n) is 4.49. The zero-order chi connectivity index (χ0) is 20.2. The number of nitrogens with zero attached hydrogens (tertiary/aromatic N) is 4. The lowest BCUT2D eigenvalue weighted by molar-refractivity contribution is 0.200. The predicted molar refractivity (Wildman–Crippen MR) is 111 cm³/mol. The maximum atomic E-state index is 11.7. The molecule has 0 aliphatic rings. The van der Waals surface area contributed by atoms with Crippen LogP contribution in [0.2, 0.25) is 0 Å². The number of aryl methyl sites for hydroxylation is 1. The van der Waals surface area contributed by atoms with Crippen LogP contribution in [0.15, 0.2) is 60.7 Å². The molecule has 7 heteroatoms. The summed E-state index contributed by atoms with van der Waals surface area (Å²) in [6.45, 7) is 1.42. The van der Waals surface area contributed by atoms with E-state index in [2.05, 4.69) is 20.7 Å². The first-order valence-electron chi connectivity index (χ1n) is 10.2. The fraction of sp³-hybridized carbons (Fsp3) is 0.364. The molecule has 0 saturated heterocycles. The van der Waals surface area contributed by atoms with E-state index in [1.54, 1.807) is 16.9 Å². The van der Waals surface area contributed by atoms with Crippen molar-refractivity contribution in [2.45, 2.75) is 45.1 Å². The lowest BCUT2D eigenvalue weighted by Crippen LogP contribution is -2.27. The number of tetrazole rings is 1. The van der Waals surface area contributed by atoms with E-state index >= 15 is 0 Å². The molecule has 1 N–H and O–H groups in total. The molecule has 1 aromatic heterocycles. The number of benzene rings is 2. The van der Waals surface area contributed by atoms with Gasteiger partial charge in [-0.15, -0.1) is 10.2 Å². The van der Waals surface area contributed by atoms with Crippen molar-refractivity contribution in [1.82, 2.24) is 25.5 Å². The molecule has 1 amide bonds. The van der Waals surface area contributed by atoms with Gasteiger partial charge in [-0.3, -0.25) is 0 Å². The van der Waals surface area contributed by atoms with Crippen molar-refractivity contribution >= 4 is 6.09 Å². The number of ether oxygens (including phenoxy) is 1. The first-order valence-corrected chi connectivity index (χ1v) is 10.2. The van der Waals surface area contributed by atoms with Crippen LogP contribution >= 0.6 is 0 Å². The van der Waals surface area contributed by atoms with Gasteiger partial charge in [0, 0.05) is 12.1 Å². The summed E-state index contributed by atoms with van der Waals surface area (Å²) >= 11 is 0. The van der Waals surface area contributed by atoms with Gasteiger partial charge >= 0.3 is 6.09 Å². The molecule has 0 spiro atoms. The molecule has 0 fully saturated rings. The maximum Gasteiger partial charge on any atom is 0.412 e. The molecule has 0 aliphatic carbocycles. The van der Waals surface area contributed by atoms with E-state index in [9.17, 15) is 4.79 Å². The van der Waals surface area contributed by atoms with Gasteiger partial charge in [0.1, 0.15) is 5.75 Å². The van der Waals surface area contributed by atoms with Gasteiger partial charge < -0.3 is 10.1 Å². The normalized spacial score (nSPS) is 10.6. The Kier molecular flexibility index (Phi) is 8.19. The number of carbonyl (C=O) groups excluding carboxylic acids is 1. The van der Waals surface area contributed by atoms with Gasteiger partial charge in [0.05, 0.1) is 6.54 Å². The number of carbonyl (C=O) groups is 1. The topological polar surface area (TPSA) is 81.9 Å². The summed E-state index contributed by atoms with van der Waals surface area (Å²) < 4.78 is 5.18. The summed E-state index contributed by atoms with van der Waals surface area (Å²) in [7, 11) is 0. The van der Waals surface area contributed by atoms with E-state index in [0.29, 0.717) is 18.1 Å². The lowest BCUT2D eigenvalue weighted by Gasteiger charge is -2.06. The van der Waals surface area contributed by atoms with Gasteiger partial charge in [-0.2, -0.15) is 4.80 Å². The van der Waals surface area contributed by atoms with Crippen molar-refractivity contribution in [3.05, 3.63) is 60.7 Å². The molecule has 0 unspecified atom stereocenters. The Morgan fingerprint density at radius 1 is 0.862 bits per heavy atom. The molecule has 1 heterocycles. The molecule has 3 rings (SSSR count). The summed E-state index contributed by atoms with van der Waals surface area (Å²) in [5, 5.41) is 15.4. The Balaban J connectivity index is 1.19. The Morgan fingerprint density at radius 2 is 1.52 bits per heavy atom. The zero-order valence-electron chi connectivity index (χ0n) is 16.5. The van der Waals surface area contributed by atoms with Crippen LogP contribution in [0.4, 0.5) is 4.79 Å². The van der Waals surface area contributed by atoms with E-state index in [1.165, 1.54) is 0 Å². The highest BCUT2D eigenvalue weighted by atomic mass is 16.6. The van der Waals surface area contributed by atoms with Crippen molar-refractivity contribution in [2.24, 2.45) is 0 Å². The lowest BCUT2D eigenvalue weighted by atomic mass is 10.1. The second-order valence-corrected chi connectivity index (χ2v) is 6.83. The third-order valence-corrected chi connectivity index (χ3v) is 4.49. The van der Waals surface area contributed by atoms with Crippen LogP contribution in [-0.2, 0) is 6.54 Å². The summed E-state index contributed by atoms with van der Waals surface area (Å²) in [5.74, 6) is 1.23. The highest BCUT2D eigenvalue weighted by Gasteiger charge is 2.05. The third kappa shape index (κ3) is 7.37. The minimum Gasteiger partial charge on any atom is -0.410 e. The molecule has 152 valence electrons. The Hall–Kier alpha value is -3.22. The molecular formula is C22H27N5O2. The van der Waals surface area contributed by atoms with Crippen LogP contribution in [0.3, 0.4) is 0 Å². The van der Waals surface area contributed by atoms with Gasteiger partial charge in [0.25, 0.3) is 0 Å². The van der Waals surface area contributed by atoms with Crippen LogP contribution < -0.4 is 10.1 Å². The van der Waals surface area contributed by atoms with Gasteiger partial charge in [-0.25, -0.2) is 4.79 Å². The van der Waals surface area contributed by atoms with E-state index < -0.39 is 6.09 Å². The Bertz CT molecular complexity index is 852. The number of amides is 1. The second-order valence-electron chi connectivity index (χ2n) is 6.83. The van der Waals surface area contributed by atoms with Crippen molar-refractivity contribution in [1.29, 1.82) is 0 Å². The van der Waals surface area contributed by atoms with Gasteiger partial charge in [-0.05, 0) is 30.2 Å². The molecule has 0 atom stereocenters. The number of rotatable bonds is 11. The van der Waals surface area contributed by atoms with Crippen LogP contribution in [0.25, 0.3) is 11.4 Å². The summed E-state index contributed by atoms with van der Waals surface area (Å²) in [5.41, 5.74) is 0.986. The van der Waals surface area contributed by atoms with Crippen LogP contribution in [-0.4, -0.2) is 32.8 Å². The standard InChI is InChI=1S/C22H27N5O2/c28-22(29-20-15-9-6-10-16-20)23-17-11-3-1-2-4-12-18-27-25-21(24-26-27)19-13-7-5-8-14-19/h5-10,13-16H,1-4,11-12,17-18H2,(H,23,28). The first-order chi connectivity index (χ1) is 14.3. The Morgan fingerprint density at radius 3 is 2.28 bits per heavy atom. The summed E-state index contributed by atoms with van der Waals surface area (Å²) in [6, 6.07) is 19.0. The first kappa shape index (κ1) is 20.5. The van der Waals surface area contributed by atoms with Gasteiger partial charge in [0.15, 0.2) is 0 Å². The van der Waals surface area contributed by atoms with Crippen LogP contribution in [0, 0.1) is 0 Å². The monoisotopic (exact) mass is 393 g/mol. The molecule has 0 radical (unpaired) electrons. The predicted octanol–water partition coefficient (Wildman–Crippen LogP) is 4.47. The zero-order valence-corrected chi connectivity index (χ0v) is 16.5. The fourth-order valence-corrected chi connectivity index (χ4v) is 2.95. The van der Waals surface area contributed by atoms with Crippen molar-refractivity contribution < 1.29 is 9.53 Å². The van der Waals surface area contributed by atoms with Gasteiger partial charge in [0.2, 0.25) is 5.82 Å². The van der Waals surface area contributed by atoms with Crippen molar-refractivity contribution in [2.75, 3.05) is 6.54 Å². The minimum atomic E-state index is -0.397. The summed E-state index contributed by atoms with van der Waals surface area (Å²) in [6.07, 6.45) is 6.12. The molecule has 0 saturated carbocycles. The second kappa shape index (κ2) is 11.6. The molecule has 0 bridgehead atoms. The number of hydrogen-bond donors (Lipinski definition) is 1. The SMILES string of the molecule is O=C(NCCCCCCCCn1nnc(-c2ccccc2)n1)Oc1ccccc1. The molecule has 2 aromatic carbocycles. The van der Waals surface area contributed by atoms with E-state index in [0.717, 1.165) is 50.6 Å². The smallest absolute Gasteiger partial charge is 0.410 e. The van der Waals surface area contributed by atoms with Gasteiger partial charge in [-0.1, -0.05) is 74.2 Å². The van der Waals surface area contributed by atoms with Crippen molar-refractivity contribution in [3.8, 4) is 17.1 Å². The highest BCUT2D eigenvalue weighted by molar-refractivity contribution is 5.70. The maximum absolute atomic E-state index is 11.7. The molecule has 0 aliphatic heterocycles. The molecule has 7 nitrogen and oxygen atoms in total. The number of para-hydroxylation sites is 1. The Labute approximate surface area is 171 Å². The molecule has 29 heavy (non-hydrogen) atoms. The number of aromatic nitrogens is 4. The van der Waals surface area contributed by atoms with Crippen molar-refractivity contribution in [3.63, 3.8) is 0 Å². The molecule has 3 aromatic rings. The highest BCUT2D eigenvalue weighted by Crippen LogP contribution is 2.12. The number of unbranched alkanes of at least 4 members (excludes halogenated alkanes) is 5. The largest absolute Gasteiger partial charge is 0.412 e. The average Bonchev–Trinajstić information content (AvgIpc) is 3.23. The number of hydrogen-bond acceptors (Lipinski definition) is 5. The van der Waals surface area contributed by atoms with Crippen LogP contribution in [0.1, 0.15) is 38.5 Å². The number of nitrogens with one attached hydrogen (secondary N) is 1.